The minimum absolute atomic E-state index is 0.0171. The zero-order valence-electron chi connectivity index (χ0n) is 36.5. The highest BCUT2D eigenvalue weighted by Crippen LogP contribution is 2.70. The predicted molar refractivity (Wildman–Crippen MR) is 213 cm³/mol. The van der Waals surface area contributed by atoms with Gasteiger partial charge in [0.25, 0.3) is 0 Å². The maximum atomic E-state index is 12.0. The van der Waals surface area contributed by atoms with Crippen LogP contribution in [0, 0.1) is 46.3 Å². The molecule has 5 unspecified atom stereocenters. The van der Waals surface area contributed by atoms with Crippen LogP contribution < -0.4 is 0 Å². The van der Waals surface area contributed by atoms with Crippen molar-refractivity contribution in [3.63, 3.8) is 0 Å². The fourth-order valence-corrected chi connectivity index (χ4v) is 14.0. The average Bonchev–Trinajstić information content (AvgIpc) is 3.69. The molecular weight excluding hydrogens is 796 g/mol. The summed E-state index contributed by atoms with van der Waals surface area (Å²) in [5.41, 5.74) is 1.53. The van der Waals surface area contributed by atoms with Gasteiger partial charge in [0, 0.05) is 12.3 Å². The summed E-state index contributed by atoms with van der Waals surface area (Å²) in [5.74, 6) is 2.64. The Labute approximate surface area is 358 Å². The smallest absolute Gasteiger partial charge is 0.187 e. The molecule has 4 aliphatic carbocycles. The van der Waals surface area contributed by atoms with E-state index in [2.05, 4.69) is 33.8 Å². The largest absolute Gasteiger partial charge is 0.394 e. The lowest BCUT2D eigenvalue weighted by molar-refractivity contribution is -0.388. The summed E-state index contributed by atoms with van der Waals surface area (Å²) in [6.45, 7) is 12.7. The van der Waals surface area contributed by atoms with Crippen molar-refractivity contribution in [3.8, 4) is 0 Å². The van der Waals surface area contributed by atoms with Crippen molar-refractivity contribution in [1.82, 2.24) is 0 Å². The maximum absolute atomic E-state index is 12.0. The molecule has 26 atom stereocenters. The Hall–Kier alpha value is -0.900. The highest BCUT2D eigenvalue weighted by Gasteiger charge is 2.69. The van der Waals surface area contributed by atoms with Crippen molar-refractivity contribution >= 4 is 0 Å². The van der Waals surface area contributed by atoms with E-state index in [1.165, 1.54) is 25.8 Å². The Morgan fingerprint density at radius 1 is 0.689 bits per heavy atom. The lowest BCUT2D eigenvalue weighted by Gasteiger charge is -2.58. The van der Waals surface area contributed by atoms with E-state index in [0.717, 1.165) is 45.1 Å². The molecule has 16 nitrogen and oxygen atoms in total. The van der Waals surface area contributed by atoms with Gasteiger partial charge in [0.15, 0.2) is 24.7 Å². The SMILES string of the molecule is C[C@@H]1CC[C@@]2(OC1)OC1CC3C4CC=C5C[C@@H](O[C@@H]6O[C@H](CO)[C@@H](OC7O[C@@H](C)[C@H](O)[C@@H](O)[C@H]7O)[C@H](O)[C@H]6O[C@@H]6O[C@@H](C)[C@H](O)[C@@H](O)[C@H]6O)CC[C@]5(C)C4CC[C@]3(C)[C@H]1[C@@H]2C. The van der Waals surface area contributed by atoms with E-state index in [9.17, 15) is 40.9 Å². The molecule has 0 aromatic carbocycles. The molecule has 5 saturated heterocycles. The number of ether oxygens (including phenoxy) is 8. The molecule has 16 heteroatoms. The van der Waals surface area contributed by atoms with Gasteiger partial charge in [0.2, 0.25) is 0 Å². The Morgan fingerprint density at radius 3 is 1.97 bits per heavy atom. The molecule has 61 heavy (non-hydrogen) atoms. The summed E-state index contributed by atoms with van der Waals surface area (Å²) in [5, 5.41) is 85.9. The van der Waals surface area contributed by atoms with Crippen molar-refractivity contribution in [2.75, 3.05) is 13.2 Å². The fourth-order valence-electron chi connectivity index (χ4n) is 14.0. The number of hydrogen-bond donors (Lipinski definition) is 8. The second-order valence-corrected chi connectivity index (χ2v) is 21.1. The zero-order chi connectivity index (χ0) is 43.5. The van der Waals surface area contributed by atoms with E-state index in [0.29, 0.717) is 48.3 Å². The molecule has 0 aromatic heterocycles. The average molecular weight is 869 g/mol. The van der Waals surface area contributed by atoms with Crippen LogP contribution in [0.1, 0.15) is 99.3 Å². The first kappa shape index (κ1) is 45.3. The third-order valence-electron chi connectivity index (χ3n) is 17.6. The number of rotatable bonds is 7. The quantitative estimate of drug-likeness (QED) is 0.168. The van der Waals surface area contributed by atoms with Crippen LogP contribution in [0.15, 0.2) is 11.6 Å². The summed E-state index contributed by atoms with van der Waals surface area (Å²) in [6.07, 6.45) is -10.4. The van der Waals surface area contributed by atoms with Crippen LogP contribution in [0.25, 0.3) is 0 Å². The Kier molecular flexibility index (Phi) is 12.4. The molecule has 8 fully saturated rings. The van der Waals surface area contributed by atoms with Gasteiger partial charge in [0.1, 0.15) is 61.0 Å². The van der Waals surface area contributed by atoms with Crippen molar-refractivity contribution in [2.24, 2.45) is 46.3 Å². The predicted octanol–water partition coefficient (Wildman–Crippen LogP) is 1.24. The lowest BCUT2D eigenvalue weighted by Crippen LogP contribution is -2.66. The van der Waals surface area contributed by atoms with Gasteiger partial charge >= 0.3 is 0 Å². The van der Waals surface area contributed by atoms with Crippen molar-refractivity contribution in [1.29, 1.82) is 0 Å². The minimum Gasteiger partial charge on any atom is -0.394 e. The third-order valence-corrected chi connectivity index (χ3v) is 17.6. The molecule has 9 rings (SSSR count). The van der Waals surface area contributed by atoms with E-state index in [1.807, 2.05) is 0 Å². The molecule has 3 saturated carbocycles. The van der Waals surface area contributed by atoms with Gasteiger partial charge in [0.05, 0.1) is 37.6 Å². The van der Waals surface area contributed by atoms with Gasteiger partial charge in [-0.25, -0.2) is 0 Å². The summed E-state index contributed by atoms with van der Waals surface area (Å²) < 4.78 is 50.1. The number of aliphatic hydroxyl groups excluding tert-OH is 8. The number of hydrogen-bond acceptors (Lipinski definition) is 16. The molecule has 348 valence electrons. The minimum atomic E-state index is -1.71. The molecule has 8 N–H and O–H groups in total. The molecule has 0 radical (unpaired) electrons. The maximum Gasteiger partial charge on any atom is 0.187 e. The van der Waals surface area contributed by atoms with Gasteiger partial charge < -0.3 is 78.7 Å². The van der Waals surface area contributed by atoms with Crippen LogP contribution in [0.3, 0.4) is 0 Å². The second-order valence-electron chi connectivity index (χ2n) is 21.1. The van der Waals surface area contributed by atoms with Crippen LogP contribution in [0.2, 0.25) is 0 Å². The van der Waals surface area contributed by atoms with Gasteiger partial charge in [-0.15, -0.1) is 0 Å². The number of aliphatic hydroxyl groups is 8. The highest BCUT2D eigenvalue weighted by atomic mass is 16.8. The van der Waals surface area contributed by atoms with Crippen molar-refractivity contribution < 1.29 is 78.7 Å². The topological polar surface area (TPSA) is 236 Å². The first-order chi connectivity index (χ1) is 28.9. The van der Waals surface area contributed by atoms with E-state index >= 15 is 0 Å². The standard InChI is InChI=1S/C45H72O16/c1-19-9-14-45(54-18-19)20(2)30-28(61-45)16-27-25-8-7-23-15-24(10-12-43(23,5)26(25)11-13-44(27,30)6)57-42-39(60-41-36(52)34(50)32(48)22(4)56-41)37(53)38(29(17-46)58-42)59-40-35(51)33(49)31(47)21(3)55-40/h7,19-22,24-42,46-53H,8-18H2,1-6H3/t19-,20+,21+,22+,24+,25?,26?,27?,28?,29-,30+,31+,32+,33-,34-,35-,36-,37+,38-,39-,40?,41+,42-,43+,44+,45-/m1/s1. The van der Waals surface area contributed by atoms with E-state index < -0.39 is 105 Å². The highest BCUT2D eigenvalue weighted by molar-refractivity contribution is 5.26. The zero-order valence-corrected chi connectivity index (χ0v) is 36.5. The Morgan fingerprint density at radius 2 is 1.34 bits per heavy atom. The summed E-state index contributed by atoms with van der Waals surface area (Å²) in [7, 11) is 0. The Bertz CT molecular complexity index is 1590. The van der Waals surface area contributed by atoms with Crippen LogP contribution in [0.5, 0.6) is 0 Å². The lowest BCUT2D eigenvalue weighted by atomic mass is 9.47. The summed E-state index contributed by atoms with van der Waals surface area (Å²) in [4.78, 5) is 0. The summed E-state index contributed by atoms with van der Waals surface area (Å²) in [6, 6.07) is 0. The van der Waals surface area contributed by atoms with E-state index in [4.69, 9.17) is 37.9 Å². The summed E-state index contributed by atoms with van der Waals surface area (Å²) >= 11 is 0. The second kappa shape index (κ2) is 16.8. The first-order valence-electron chi connectivity index (χ1n) is 23.2. The molecular formula is C45H72O16. The van der Waals surface area contributed by atoms with Gasteiger partial charge in [-0.05, 0) is 106 Å². The fraction of sp³-hybridized carbons (Fsp3) is 0.956. The Balaban J connectivity index is 0.916. The van der Waals surface area contributed by atoms with Crippen LogP contribution in [0.4, 0.5) is 0 Å². The molecule has 5 aliphatic heterocycles. The molecule has 9 aliphatic rings. The van der Waals surface area contributed by atoms with Gasteiger partial charge in [-0.2, -0.15) is 0 Å². The molecule has 1 spiro atoms. The first-order valence-corrected chi connectivity index (χ1v) is 23.2. The van der Waals surface area contributed by atoms with Gasteiger partial charge in [-0.1, -0.05) is 39.3 Å². The van der Waals surface area contributed by atoms with Crippen molar-refractivity contribution in [2.45, 2.75) is 209 Å². The molecule has 0 amide bonds. The number of allylic oxidation sites excluding steroid dienone is 1. The molecule has 5 heterocycles. The van der Waals surface area contributed by atoms with E-state index in [1.54, 1.807) is 0 Å². The molecule has 0 bridgehead atoms. The van der Waals surface area contributed by atoms with Crippen LogP contribution in [-0.4, -0.2) is 164 Å². The number of fused-ring (bicyclic) bond motifs is 7. The van der Waals surface area contributed by atoms with Crippen molar-refractivity contribution in [3.05, 3.63) is 11.6 Å². The third kappa shape index (κ3) is 7.42. The van der Waals surface area contributed by atoms with Crippen LogP contribution in [-0.2, 0) is 37.9 Å². The van der Waals surface area contributed by atoms with E-state index in [-0.39, 0.29) is 23.0 Å². The monoisotopic (exact) mass is 868 g/mol. The normalized spacial score (nSPS) is 58.4. The molecule has 0 aromatic rings. The van der Waals surface area contributed by atoms with Crippen LogP contribution >= 0.6 is 0 Å². The van der Waals surface area contributed by atoms with Gasteiger partial charge in [-0.3, -0.25) is 0 Å².